The van der Waals surface area contributed by atoms with Crippen LogP contribution in [0.2, 0.25) is 0 Å². The third kappa shape index (κ3) is 7.26. The van der Waals surface area contributed by atoms with Crippen LogP contribution in [-0.4, -0.2) is 18.4 Å². The Morgan fingerprint density at radius 2 is 1.73 bits per heavy atom. The molecule has 0 fully saturated rings. The first-order valence-electron chi connectivity index (χ1n) is 8.29. The normalized spacial score (nSPS) is 9.73. The second kappa shape index (κ2) is 12.9. The van der Waals surface area contributed by atoms with E-state index in [4.69, 9.17) is 5.26 Å². The minimum atomic E-state index is -0.848. The van der Waals surface area contributed by atoms with E-state index in [1.54, 1.807) is 6.92 Å². The number of carbonyl (C=O) groups is 2. The van der Waals surface area contributed by atoms with Crippen molar-refractivity contribution in [1.29, 1.82) is 5.26 Å². The number of hydrogen-bond donors (Lipinski definition) is 0. The summed E-state index contributed by atoms with van der Waals surface area (Å²) in [4.78, 5) is 21.5. The summed E-state index contributed by atoms with van der Waals surface area (Å²) in [6.45, 7) is 2.95. The highest BCUT2D eigenvalue weighted by Crippen LogP contribution is 2.25. The van der Waals surface area contributed by atoms with Gasteiger partial charge < -0.3 is 4.74 Å². The quantitative estimate of drug-likeness (QED) is 0.495. The van der Waals surface area contributed by atoms with Crippen LogP contribution in [0.1, 0.15) is 60.9 Å². The Bertz CT molecular complexity index is 638. The second-order valence-corrected chi connectivity index (χ2v) is 5.46. The molecule has 0 amide bonds. The molecule has 0 saturated carbocycles. The minimum absolute atomic E-state index is 0.0362. The van der Waals surface area contributed by atoms with E-state index in [0.717, 1.165) is 6.42 Å². The van der Waals surface area contributed by atoms with E-state index in [1.165, 1.54) is 13.0 Å². The van der Waals surface area contributed by atoms with Gasteiger partial charge in [0.25, 0.3) is 0 Å². The van der Waals surface area contributed by atoms with Gasteiger partial charge in [-0.05, 0) is 43.0 Å². The molecule has 0 spiro atoms. The molecule has 0 bridgehead atoms. The topological polar surface area (TPSA) is 67.2 Å². The number of ether oxygens (including phenoxy) is 1. The molecule has 7 heteroatoms. The Labute approximate surface area is 152 Å². The van der Waals surface area contributed by atoms with Gasteiger partial charge in [0.15, 0.2) is 0 Å². The Hall–Kier alpha value is -2.36. The molecule has 0 aliphatic carbocycles. The third-order valence-corrected chi connectivity index (χ3v) is 3.59. The molecule has 0 aromatic heterocycles. The van der Waals surface area contributed by atoms with Crippen LogP contribution in [0.3, 0.4) is 0 Å². The maximum atomic E-state index is 12.6. The largest absolute Gasteiger partial charge is 0.466 e. The van der Waals surface area contributed by atoms with E-state index in [1.807, 2.05) is 13.0 Å². The number of alkyl halides is 3. The van der Waals surface area contributed by atoms with Crippen LogP contribution >= 0.6 is 0 Å². The van der Waals surface area contributed by atoms with Gasteiger partial charge in [-0.3, -0.25) is 9.59 Å². The van der Waals surface area contributed by atoms with Crippen LogP contribution in [0.5, 0.6) is 0 Å². The summed E-state index contributed by atoms with van der Waals surface area (Å²) in [5, 5.41) is 8.78. The molecule has 0 radical (unpaired) electrons. The highest BCUT2D eigenvalue weighted by molar-refractivity contribution is 5.95. The molecule has 0 atom stereocenters. The molecule has 0 aliphatic heterocycles. The van der Waals surface area contributed by atoms with Crippen LogP contribution in [-0.2, 0) is 34.3 Å². The number of esters is 1. The number of nitriles is 1. The Balaban J connectivity index is 0.000000508. The predicted octanol–water partition coefficient (Wildman–Crippen LogP) is 4.58. The number of Topliss-reactive ketones (excluding diaryl/α,β-unsaturated/α-hetero) is 1. The molecule has 0 unspecified atom stereocenters. The van der Waals surface area contributed by atoms with Crippen molar-refractivity contribution in [2.45, 2.75) is 60.1 Å². The van der Waals surface area contributed by atoms with E-state index in [9.17, 15) is 22.8 Å². The SMILES string of the molecule is CCCC(=O)CC(=O)OCC.Cc1c(C#N)c(CF)cc(CF)c1CF. The first kappa shape index (κ1) is 23.6. The average Bonchev–Trinajstić information content (AvgIpc) is 2.61. The summed E-state index contributed by atoms with van der Waals surface area (Å²) < 4.78 is 42.3. The molecule has 0 N–H and O–H groups in total. The number of carbonyl (C=O) groups excluding carboxylic acids is 2. The van der Waals surface area contributed by atoms with Gasteiger partial charge in [-0.1, -0.05) is 6.92 Å². The molecule has 0 aliphatic rings. The van der Waals surface area contributed by atoms with Crippen molar-refractivity contribution in [3.05, 3.63) is 33.9 Å². The number of rotatable bonds is 8. The Morgan fingerprint density at radius 1 is 1.12 bits per heavy atom. The number of benzene rings is 1. The molecule has 26 heavy (non-hydrogen) atoms. The van der Waals surface area contributed by atoms with Crippen LogP contribution in [0.4, 0.5) is 13.2 Å². The number of ketones is 1. The van der Waals surface area contributed by atoms with E-state index in [2.05, 4.69) is 4.74 Å². The predicted molar refractivity (Wildman–Crippen MR) is 91.5 cm³/mol. The van der Waals surface area contributed by atoms with Crippen molar-refractivity contribution in [3.8, 4) is 6.07 Å². The lowest BCUT2D eigenvalue weighted by molar-refractivity contribution is -0.145. The lowest BCUT2D eigenvalue weighted by Crippen LogP contribution is -2.10. The van der Waals surface area contributed by atoms with Gasteiger partial charge >= 0.3 is 5.97 Å². The zero-order valence-corrected chi connectivity index (χ0v) is 15.3. The summed E-state index contributed by atoms with van der Waals surface area (Å²) in [5.41, 5.74) is 0.859. The molecule has 1 aromatic rings. The van der Waals surface area contributed by atoms with Crippen molar-refractivity contribution in [3.63, 3.8) is 0 Å². The Morgan fingerprint density at radius 3 is 2.15 bits per heavy atom. The van der Waals surface area contributed by atoms with Crippen molar-refractivity contribution in [2.24, 2.45) is 0 Å². The number of nitrogens with zero attached hydrogens (tertiary/aromatic N) is 1. The van der Waals surface area contributed by atoms with Crippen molar-refractivity contribution >= 4 is 11.8 Å². The Kier molecular flexibility index (Phi) is 11.8. The van der Waals surface area contributed by atoms with Gasteiger partial charge in [-0.15, -0.1) is 0 Å². The van der Waals surface area contributed by atoms with Gasteiger partial charge in [0.2, 0.25) is 0 Å². The first-order chi connectivity index (χ1) is 12.4. The fourth-order valence-electron chi connectivity index (χ4n) is 2.31. The summed E-state index contributed by atoms with van der Waals surface area (Å²) in [7, 11) is 0. The second-order valence-electron chi connectivity index (χ2n) is 5.46. The summed E-state index contributed by atoms with van der Waals surface area (Å²) in [5.74, 6) is -0.447. The van der Waals surface area contributed by atoms with Gasteiger partial charge in [0, 0.05) is 12.0 Å². The van der Waals surface area contributed by atoms with Gasteiger partial charge in [-0.2, -0.15) is 5.26 Å². The van der Waals surface area contributed by atoms with Gasteiger partial charge in [-0.25, -0.2) is 13.2 Å². The lowest BCUT2D eigenvalue weighted by atomic mass is 9.94. The fourth-order valence-corrected chi connectivity index (χ4v) is 2.31. The molecular weight excluding hydrogens is 347 g/mol. The lowest BCUT2D eigenvalue weighted by Gasteiger charge is -2.11. The molecule has 1 aromatic carbocycles. The van der Waals surface area contributed by atoms with Crippen molar-refractivity contribution in [1.82, 2.24) is 0 Å². The summed E-state index contributed by atoms with van der Waals surface area (Å²) in [6.07, 6.45) is 1.19. The van der Waals surface area contributed by atoms with E-state index >= 15 is 0 Å². The highest BCUT2D eigenvalue weighted by atomic mass is 19.1. The van der Waals surface area contributed by atoms with Crippen LogP contribution in [0.25, 0.3) is 0 Å². The van der Waals surface area contributed by atoms with Crippen LogP contribution in [0, 0.1) is 18.3 Å². The smallest absolute Gasteiger partial charge is 0.313 e. The zero-order valence-electron chi connectivity index (χ0n) is 15.3. The highest BCUT2D eigenvalue weighted by Gasteiger charge is 2.14. The third-order valence-electron chi connectivity index (χ3n) is 3.59. The molecular formula is C19H24F3NO3. The van der Waals surface area contributed by atoms with E-state index in [-0.39, 0.29) is 34.5 Å². The molecule has 0 heterocycles. The van der Waals surface area contributed by atoms with Crippen LogP contribution < -0.4 is 0 Å². The van der Waals surface area contributed by atoms with Crippen LogP contribution in [0.15, 0.2) is 6.07 Å². The van der Waals surface area contributed by atoms with Gasteiger partial charge in [0.1, 0.15) is 32.2 Å². The van der Waals surface area contributed by atoms with E-state index < -0.39 is 26.0 Å². The number of halogens is 3. The monoisotopic (exact) mass is 371 g/mol. The summed E-state index contributed by atoms with van der Waals surface area (Å²) in [6, 6.07) is 3.03. The van der Waals surface area contributed by atoms with E-state index in [0.29, 0.717) is 18.6 Å². The minimum Gasteiger partial charge on any atom is -0.466 e. The van der Waals surface area contributed by atoms with Crippen molar-refractivity contribution < 1.29 is 27.5 Å². The summed E-state index contributed by atoms with van der Waals surface area (Å²) >= 11 is 0. The standard InChI is InChI=1S/C11H10F3N.C8H14O3/c1-7-10(5-14)8(3-12)2-9(4-13)11(7)6-15;1-3-5-7(9)6-8(10)11-4-2/h2H,3-5H2,1H3;3-6H2,1-2H3. The fraction of sp³-hybridized carbons (Fsp3) is 0.526. The molecule has 1 rings (SSSR count). The van der Waals surface area contributed by atoms with Gasteiger partial charge in [0.05, 0.1) is 18.2 Å². The number of hydrogen-bond acceptors (Lipinski definition) is 4. The molecule has 144 valence electrons. The first-order valence-corrected chi connectivity index (χ1v) is 8.29. The molecule has 0 saturated heterocycles. The maximum absolute atomic E-state index is 12.6. The zero-order chi connectivity index (χ0) is 20.1. The molecule has 4 nitrogen and oxygen atoms in total. The van der Waals surface area contributed by atoms with Crippen molar-refractivity contribution in [2.75, 3.05) is 6.61 Å². The maximum Gasteiger partial charge on any atom is 0.313 e. The average molecular weight is 371 g/mol.